The van der Waals surface area contributed by atoms with Gasteiger partial charge in [-0.3, -0.25) is 4.79 Å². The van der Waals surface area contributed by atoms with Crippen LogP contribution in [0.2, 0.25) is 0 Å². The molecule has 0 radical (unpaired) electrons. The van der Waals surface area contributed by atoms with Crippen LogP contribution in [0, 0.1) is 11.3 Å². The molecule has 0 aliphatic rings. The number of ether oxygens (including phenoxy) is 1. The summed E-state index contributed by atoms with van der Waals surface area (Å²) in [6, 6.07) is 8.97. The second-order valence-electron chi connectivity index (χ2n) is 3.95. The van der Waals surface area contributed by atoms with Crippen molar-refractivity contribution in [3.8, 4) is 6.07 Å². The van der Waals surface area contributed by atoms with Crippen molar-refractivity contribution in [3.63, 3.8) is 0 Å². The summed E-state index contributed by atoms with van der Waals surface area (Å²) in [5.74, 6) is 1.90. The van der Waals surface area contributed by atoms with E-state index >= 15 is 0 Å². The number of anilines is 1. The van der Waals surface area contributed by atoms with Gasteiger partial charge in [0, 0.05) is 25.0 Å². The number of nitrogens with one attached hydrogen (secondary N) is 1. The third kappa shape index (κ3) is 6.85. The largest absolute Gasteiger partial charge is 0.384 e. The van der Waals surface area contributed by atoms with Crippen LogP contribution in [-0.2, 0) is 9.53 Å². The predicted octanol–water partition coefficient (Wildman–Crippen LogP) is 2.66. The smallest absolute Gasteiger partial charge is 0.224 e. The van der Waals surface area contributed by atoms with Gasteiger partial charge >= 0.3 is 0 Å². The molecule has 5 heteroatoms. The standard InChI is InChI=1S/C14H18N2O2S/c1-18-7-9-19-8-3-6-14(17)16-13-5-2-4-12(10-13)11-15/h2,4-5,10H,3,6-9H2,1H3,(H,16,17). The molecule has 0 fully saturated rings. The molecule has 4 nitrogen and oxygen atoms in total. The van der Waals surface area contributed by atoms with Crippen LogP contribution in [0.3, 0.4) is 0 Å². The van der Waals surface area contributed by atoms with Gasteiger partial charge in [-0.25, -0.2) is 0 Å². The summed E-state index contributed by atoms with van der Waals surface area (Å²) in [6.45, 7) is 0.748. The minimum absolute atomic E-state index is 0.0116. The number of nitrogens with zero attached hydrogens (tertiary/aromatic N) is 1. The number of rotatable bonds is 8. The van der Waals surface area contributed by atoms with Crippen LogP contribution in [0.5, 0.6) is 0 Å². The second-order valence-corrected chi connectivity index (χ2v) is 5.17. The van der Waals surface area contributed by atoms with Crippen molar-refractivity contribution in [1.29, 1.82) is 5.26 Å². The Morgan fingerprint density at radius 3 is 3.05 bits per heavy atom. The molecule has 1 N–H and O–H groups in total. The van der Waals surface area contributed by atoms with E-state index < -0.39 is 0 Å². The van der Waals surface area contributed by atoms with Crippen molar-refractivity contribution in [2.45, 2.75) is 12.8 Å². The number of carbonyl (C=O) groups excluding carboxylic acids is 1. The average molecular weight is 278 g/mol. The van der Waals surface area contributed by atoms with E-state index in [-0.39, 0.29) is 5.91 Å². The van der Waals surface area contributed by atoms with Gasteiger partial charge in [-0.2, -0.15) is 17.0 Å². The zero-order valence-electron chi connectivity index (χ0n) is 11.0. The van der Waals surface area contributed by atoms with Gasteiger partial charge in [0.15, 0.2) is 0 Å². The molecule has 1 rings (SSSR count). The molecule has 0 spiro atoms. The third-order valence-corrected chi connectivity index (χ3v) is 3.43. The summed E-state index contributed by atoms with van der Waals surface area (Å²) in [4.78, 5) is 11.7. The Morgan fingerprint density at radius 1 is 1.47 bits per heavy atom. The van der Waals surface area contributed by atoms with E-state index in [9.17, 15) is 4.79 Å². The van der Waals surface area contributed by atoms with Gasteiger partial charge in [-0.15, -0.1) is 0 Å². The maximum Gasteiger partial charge on any atom is 0.224 e. The van der Waals surface area contributed by atoms with Crippen molar-refractivity contribution < 1.29 is 9.53 Å². The van der Waals surface area contributed by atoms with Crippen LogP contribution in [0.1, 0.15) is 18.4 Å². The Balaban J connectivity index is 2.22. The Morgan fingerprint density at radius 2 is 2.32 bits per heavy atom. The predicted molar refractivity (Wildman–Crippen MR) is 78.2 cm³/mol. The van der Waals surface area contributed by atoms with Gasteiger partial charge in [0.25, 0.3) is 0 Å². The van der Waals surface area contributed by atoms with E-state index in [1.807, 2.05) is 6.07 Å². The molecule has 0 heterocycles. The number of nitriles is 1. The number of amides is 1. The summed E-state index contributed by atoms with van der Waals surface area (Å²) in [5.41, 5.74) is 1.23. The van der Waals surface area contributed by atoms with E-state index in [1.165, 1.54) is 0 Å². The van der Waals surface area contributed by atoms with Crippen LogP contribution >= 0.6 is 11.8 Å². The first kappa shape index (κ1) is 15.5. The molecule has 0 aromatic heterocycles. The fourth-order valence-corrected chi connectivity index (χ4v) is 2.31. The molecule has 0 bridgehead atoms. The quantitative estimate of drug-likeness (QED) is 0.743. The number of methoxy groups -OCH3 is 1. The van der Waals surface area contributed by atoms with Crippen LogP contribution in [0.4, 0.5) is 5.69 Å². The lowest BCUT2D eigenvalue weighted by Crippen LogP contribution is -2.11. The van der Waals surface area contributed by atoms with Crippen LogP contribution in [0.25, 0.3) is 0 Å². The Labute approximate surface area is 118 Å². The summed E-state index contributed by atoms with van der Waals surface area (Å²) >= 11 is 1.78. The maximum atomic E-state index is 11.7. The normalized spacial score (nSPS) is 9.89. The van der Waals surface area contributed by atoms with E-state index in [0.29, 0.717) is 17.7 Å². The second kappa shape index (κ2) is 9.42. The SMILES string of the molecule is COCCSCCCC(=O)Nc1cccc(C#N)c1. The highest BCUT2D eigenvalue weighted by atomic mass is 32.2. The summed E-state index contributed by atoms with van der Waals surface area (Å²) < 4.78 is 4.94. The van der Waals surface area contributed by atoms with Gasteiger partial charge in [0.1, 0.15) is 0 Å². The molecule has 0 aliphatic heterocycles. The lowest BCUT2D eigenvalue weighted by Gasteiger charge is -2.05. The number of carbonyl (C=O) groups is 1. The molecule has 102 valence electrons. The van der Waals surface area contributed by atoms with Gasteiger partial charge in [0.2, 0.25) is 5.91 Å². The van der Waals surface area contributed by atoms with Crippen LogP contribution in [-0.4, -0.2) is 31.1 Å². The highest BCUT2D eigenvalue weighted by Crippen LogP contribution is 2.11. The highest BCUT2D eigenvalue weighted by molar-refractivity contribution is 7.99. The molecule has 0 unspecified atom stereocenters. The molecule has 1 aromatic rings. The van der Waals surface area contributed by atoms with Crippen LogP contribution in [0.15, 0.2) is 24.3 Å². The minimum Gasteiger partial charge on any atom is -0.384 e. The molecule has 0 atom stereocenters. The van der Waals surface area contributed by atoms with E-state index in [0.717, 1.165) is 24.5 Å². The molecular weight excluding hydrogens is 260 g/mol. The number of hydrogen-bond donors (Lipinski definition) is 1. The summed E-state index contributed by atoms with van der Waals surface area (Å²) in [6.07, 6.45) is 1.34. The molecule has 1 aromatic carbocycles. The van der Waals surface area contributed by atoms with Gasteiger partial charge in [-0.1, -0.05) is 6.07 Å². The Bertz CT molecular complexity index is 443. The monoisotopic (exact) mass is 278 g/mol. The number of benzene rings is 1. The maximum absolute atomic E-state index is 11.7. The Hall–Kier alpha value is -1.51. The van der Waals surface area contributed by atoms with Crippen molar-refractivity contribution in [2.24, 2.45) is 0 Å². The number of thioether (sulfide) groups is 1. The van der Waals surface area contributed by atoms with Crippen molar-refractivity contribution in [2.75, 3.05) is 30.5 Å². The lowest BCUT2D eigenvalue weighted by molar-refractivity contribution is -0.116. The van der Waals surface area contributed by atoms with Crippen molar-refractivity contribution >= 4 is 23.4 Å². The van der Waals surface area contributed by atoms with E-state index in [2.05, 4.69) is 5.32 Å². The van der Waals surface area contributed by atoms with Crippen molar-refractivity contribution in [1.82, 2.24) is 0 Å². The topological polar surface area (TPSA) is 62.1 Å². The average Bonchev–Trinajstić information content (AvgIpc) is 2.43. The lowest BCUT2D eigenvalue weighted by atomic mass is 10.2. The highest BCUT2D eigenvalue weighted by Gasteiger charge is 2.02. The first-order chi connectivity index (χ1) is 9.26. The van der Waals surface area contributed by atoms with Gasteiger partial charge in [-0.05, 0) is 30.4 Å². The first-order valence-corrected chi connectivity index (χ1v) is 7.28. The van der Waals surface area contributed by atoms with Crippen LogP contribution < -0.4 is 5.32 Å². The summed E-state index contributed by atoms with van der Waals surface area (Å²) in [7, 11) is 1.68. The molecule has 0 saturated carbocycles. The van der Waals surface area contributed by atoms with E-state index in [1.54, 1.807) is 43.1 Å². The zero-order valence-corrected chi connectivity index (χ0v) is 11.8. The minimum atomic E-state index is -0.0116. The molecular formula is C14H18N2O2S. The first-order valence-electron chi connectivity index (χ1n) is 6.13. The molecule has 0 saturated heterocycles. The molecule has 0 aliphatic carbocycles. The van der Waals surface area contributed by atoms with E-state index in [4.69, 9.17) is 10.00 Å². The van der Waals surface area contributed by atoms with Gasteiger partial charge in [0.05, 0.1) is 18.2 Å². The fraction of sp³-hybridized carbons (Fsp3) is 0.429. The zero-order chi connectivity index (χ0) is 13.9. The molecule has 19 heavy (non-hydrogen) atoms. The number of hydrogen-bond acceptors (Lipinski definition) is 4. The molecule has 1 amide bonds. The Kier molecular flexibility index (Phi) is 7.71. The van der Waals surface area contributed by atoms with Gasteiger partial charge < -0.3 is 10.1 Å². The van der Waals surface area contributed by atoms with Crippen molar-refractivity contribution in [3.05, 3.63) is 29.8 Å². The third-order valence-electron chi connectivity index (χ3n) is 2.40. The summed E-state index contributed by atoms with van der Waals surface area (Å²) in [5, 5.41) is 11.6. The fourth-order valence-electron chi connectivity index (χ4n) is 1.47.